The van der Waals surface area contributed by atoms with Crippen LogP contribution in [0.2, 0.25) is 0 Å². The standard InChI is InChI=1S/C7H12O2/c1-6(8)4-5-7(2)9-3/h5H,4H2,1-3H3/b7-5-. The Morgan fingerprint density at radius 3 is 2.44 bits per heavy atom. The predicted molar refractivity (Wildman–Crippen MR) is 36.1 cm³/mol. The van der Waals surface area contributed by atoms with Crippen molar-refractivity contribution in [1.29, 1.82) is 0 Å². The van der Waals surface area contributed by atoms with Crippen LogP contribution in [0, 0.1) is 0 Å². The Bertz CT molecular complexity index is 125. The van der Waals surface area contributed by atoms with Crippen molar-refractivity contribution in [3.63, 3.8) is 0 Å². The van der Waals surface area contributed by atoms with Gasteiger partial charge in [0.1, 0.15) is 5.78 Å². The number of ketones is 1. The van der Waals surface area contributed by atoms with Gasteiger partial charge < -0.3 is 4.74 Å². The van der Waals surface area contributed by atoms with Crippen LogP contribution in [0.3, 0.4) is 0 Å². The highest BCUT2D eigenvalue weighted by Gasteiger charge is 1.88. The molecule has 0 aliphatic carbocycles. The lowest BCUT2D eigenvalue weighted by atomic mass is 10.3. The van der Waals surface area contributed by atoms with Crippen molar-refractivity contribution in [3.8, 4) is 0 Å². The molecule has 0 fully saturated rings. The van der Waals surface area contributed by atoms with E-state index in [4.69, 9.17) is 4.74 Å². The van der Waals surface area contributed by atoms with Gasteiger partial charge in [0, 0.05) is 6.42 Å². The molecule has 0 spiro atoms. The van der Waals surface area contributed by atoms with Gasteiger partial charge in [0.25, 0.3) is 0 Å². The molecule has 52 valence electrons. The SMILES string of the molecule is CO/C(C)=C\CC(C)=O. The summed E-state index contributed by atoms with van der Waals surface area (Å²) in [5.41, 5.74) is 0. The van der Waals surface area contributed by atoms with Crippen LogP contribution < -0.4 is 0 Å². The molecular weight excluding hydrogens is 116 g/mol. The Morgan fingerprint density at radius 1 is 1.56 bits per heavy atom. The van der Waals surface area contributed by atoms with E-state index in [1.165, 1.54) is 0 Å². The van der Waals surface area contributed by atoms with Gasteiger partial charge >= 0.3 is 0 Å². The maximum Gasteiger partial charge on any atom is 0.133 e. The number of ether oxygens (including phenoxy) is 1. The smallest absolute Gasteiger partial charge is 0.133 e. The highest BCUT2D eigenvalue weighted by atomic mass is 16.5. The molecule has 0 radical (unpaired) electrons. The number of Topliss-reactive ketones (excluding diaryl/α,β-unsaturated/α-hetero) is 1. The summed E-state index contributed by atoms with van der Waals surface area (Å²) in [5, 5.41) is 0. The Labute approximate surface area is 55.5 Å². The van der Waals surface area contributed by atoms with Crippen LogP contribution in [0.25, 0.3) is 0 Å². The van der Waals surface area contributed by atoms with E-state index < -0.39 is 0 Å². The van der Waals surface area contributed by atoms with Gasteiger partial charge in [-0.25, -0.2) is 0 Å². The number of carbonyl (C=O) groups excluding carboxylic acids is 1. The van der Waals surface area contributed by atoms with Crippen molar-refractivity contribution in [2.75, 3.05) is 7.11 Å². The number of carbonyl (C=O) groups is 1. The summed E-state index contributed by atoms with van der Waals surface area (Å²) in [6, 6.07) is 0. The van der Waals surface area contributed by atoms with Crippen LogP contribution in [-0.2, 0) is 9.53 Å². The Balaban J connectivity index is 3.56. The predicted octanol–water partition coefficient (Wildman–Crippen LogP) is 1.52. The third kappa shape index (κ3) is 5.07. The van der Waals surface area contributed by atoms with Gasteiger partial charge in [0.15, 0.2) is 0 Å². The second kappa shape index (κ2) is 4.13. The second-order valence-electron chi connectivity index (χ2n) is 1.93. The zero-order valence-corrected chi connectivity index (χ0v) is 6.10. The minimum atomic E-state index is 0.159. The highest BCUT2D eigenvalue weighted by Crippen LogP contribution is 1.94. The quantitative estimate of drug-likeness (QED) is 0.538. The average Bonchev–Trinajstić information content (AvgIpc) is 1.83. The monoisotopic (exact) mass is 128 g/mol. The topological polar surface area (TPSA) is 26.3 Å². The maximum absolute atomic E-state index is 10.4. The first-order valence-corrected chi connectivity index (χ1v) is 2.87. The van der Waals surface area contributed by atoms with E-state index in [1.807, 2.05) is 6.92 Å². The molecule has 0 amide bonds. The van der Waals surface area contributed by atoms with Gasteiger partial charge in [-0.15, -0.1) is 0 Å². The van der Waals surface area contributed by atoms with E-state index in [1.54, 1.807) is 20.1 Å². The molecule has 2 heteroatoms. The molecule has 9 heavy (non-hydrogen) atoms. The van der Waals surface area contributed by atoms with E-state index in [9.17, 15) is 4.79 Å². The molecule has 0 N–H and O–H groups in total. The summed E-state index contributed by atoms with van der Waals surface area (Å²) in [5.74, 6) is 0.955. The summed E-state index contributed by atoms with van der Waals surface area (Å²) in [7, 11) is 1.59. The molecule has 0 rings (SSSR count). The Morgan fingerprint density at radius 2 is 2.11 bits per heavy atom. The molecule has 0 aromatic heterocycles. The van der Waals surface area contributed by atoms with Crippen LogP contribution in [0.1, 0.15) is 20.3 Å². The summed E-state index contributed by atoms with van der Waals surface area (Å²) < 4.78 is 4.81. The van der Waals surface area contributed by atoms with Crippen LogP contribution in [0.15, 0.2) is 11.8 Å². The molecule has 0 saturated carbocycles. The molecule has 0 aliphatic heterocycles. The highest BCUT2D eigenvalue weighted by molar-refractivity contribution is 5.77. The molecular formula is C7H12O2. The molecule has 0 atom stereocenters. The molecule has 2 nitrogen and oxygen atoms in total. The summed E-state index contributed by atoms with van der Waals surface area (Å²) >= 11 is 0. The van der Waals surface area contributed by atoms with Crippen LogP contribution in [0.4, 0.5) is 0 Å². The number of hydrogen-bond acceptors (Lipinski definition) is 2. The van der Waals surface area contributed by atoms with Crippen LogP contribution in [0.5, 0.6) is 0 Å². The zero-order valence-electron chi connectivity index (χ0n) is 6.10. The number of allylic oxidation sites excluding steroid dienone is 2. The van der Waals surface area contributed by atoms with Crippen LogP contribution in [-0.4, -0.2) is 12.9 Å². The van der Waals surface area contributed by atoms with Gasteiger partial charge in [0.2, 0.25) is 0 Å². The van der Waals surface area contributed by atoms with E-state index in [-0.39, 0.29) is 5.78 Å². The van der Waals surface area contributed by atoms with Crippen LogP contribution >= 0.6 is 0 Å². The summed E-state index contributed by atoms with van der Waals surface area (Å²) in [4.78, 5) is 10.4. The molecule has 0 aromatic rings. The van der Waals surface area contributed by atoms with Gasteiger partial charge in [-0.05, 0) is 19.9 Å². The number of hydrogen-bond donors (Lipinski definition) is 0. The summed E-state index contributed by atoms with van der Waals surface area (Å²) in [6.45, 7) is 3.38. The lowest BCUT2D eigenvalue weighted by molar-refractivity contribution is -0.116. The van der Waals surface area contributed by atoms with Crippen molar-refractivity contribution in [2.45, 2.75) is 20.3 Å². The first kappa shape index (κ1) is 8.21. The number of methoxy groups -OCH3 is 1. The zero-order chi connectivity index (χ0) is 7.28. The average molecular weight is 128 g/mol. The summed E-state index contributed by atoms with van der Waals surface area (Å²) in [6.07, 6.45) is 2.24. The van der Waals surface area contributed by atoms with Gasteiger partial charge in [0.05, 0.1) is 12.9 Å². The molecule has 0 saturated heterocycles. The molecule has 0 bridgehead atoms. The first-order valence-electron chi connectivity index (χ1n) is 2.87. The lowest BCUT2D eigenvalue weighted by Gasteiger charge is -1.95. The maximum atomic E-state index is 10.4. The van der Waals surface area contributed by atoms with Crippen molar-refractivity contribution in [1.82, 2.24) is 0 Å². The molecule has 0 unspecified atom stereocenters. The fourth-order valence-electron chi connectivity index (χ4n) is 0.371. The Hall–Kier alpha value is -0.790. The third-order valence-corrected chi connectivity index (χ3v) is 0.999. The lowest BCUT2D eigenvalue weighted by Crippen LogP contribution is -1.87. The minimum Gasteiger partial charge on any atom is -0.502 e. The van der Waals surface area contributed by atoms with E-state index in [0.717, 1.165) is 5.76 Å². The largest absolute Gasteiger partial charge is 0.502 e. The van der Waals surface area contributed by atoms with E-state index in [2.05, 4.69) is 0 Å². The van der Waals surface area contributed by atoms with Crippen molar-refractivity contribution < 1.29 is 9.53 Å². The van der Waals surface area contributed by atoms with E-state index in [0.29, 0.717) is 6.42 Å². The fourth-order valence-corrected chi connectivity index (χ4v) is 0.371. The number of rotatable bonds is 3. The minimum absolute atomic E-state index is 0.159. The molecule has 0 aliphatic rings. The first-order chi connectivity index (χ1) is 4.16. The van der Waals surface area contributed by atoms with Gasteiger partial charge in [-0.2, -0.15) is 0 Å². The second-order valence-corrected chi connectivity index (χ2v) is 1.93. The van der Waals surface area contributed by atoms with E-state index >= 15 is 0 Å². The van der Waals surface area contributed by atoms with Crippen molar-refractivity contribution in [3.05, 3.63) is 11.8 Å². The third-order valence-electron chi connectivity index (χ3n) is 0.999. The fraction of sp³-hybridized carbons (Fsp3) is 0.571. The molecule has 0 aromatic carbocycles. The normalized spacial score (nSPS) is 11.2. The van der Waals surface area contributed by atoms with Crippen molar-refractivity contribution in [2.24, 2.45) is 0 Å². The Kier molecular flexibility index (Phi) is 3.76. The molecule has 0 heterocycles. The van der Waals surface area contributed by atoms with Crippen molar-refractivity contribution >= 4 is 5.78 Å². The van der Waals surface area contributed by atoms with Gasteiger partial charge in [-0.1, -0.05) is 0 Å². The van der Waals surface area contributed by atoms with Gasteiger partial charge in [-0.3, -0.25) is 4.79 Å².